The van der Waals surface area contributed by atoms with Crippen molar-refractivity contribution in [2.45, 2.75) is 63.6 Å². The van der Waals surface area contributed by atoms with Gasteiger partial charge in [0.05, 0.1) is 31.5 Å². The number of Topliss-reactive ketones (excluding diaryl/α,β-unsaturated/α-hetero) is 1. The van der Waals surface area contributed by atoms with Gasteiger partial charge >= 0.3 is 17.9 Å². The van der Waals surface area contributed by atoms with Crippen molar-refractivity contribution in [1.29, 1.82) is 0 Å². The molecule has 0 bridgehead atoms. The fraction of sp³-hybridized carbons (Fsp3) is 0.514. The molecule has 1 aliphatic rings. The van der Waals surface area contributed by atoms with Gasteiger partial charge < -0.3 is 36.6 Å². The maximum absolute atomic E-state index is 12.9. The number of carbonyl (C=O) groups excluding carboxylic acids is 2. The molecule has 2 aromatic heterocycles. The van der Waals surface area contributed by atoms with Crippen LogP contribution >= 0.6 is 0 Å². The number of hydrogen-bond acceptors (Lipinski definition) is 14. The molecule has 1 saturated heterocycles. The second-order valence-electron chi connectivity index (χ2n) is 13.4. The molecule has 3 aromatic rings. The second-order valence-corrected chi connectivity index (χ2v) is 13.4. The van der Waals surface area contributed by atoms with Gasteiger partial charge in [-0.25, -0.2) is 14.8 Å². The summed E-state index contributed by atoms with van der Waals surface area (Å²) in [5.41, 5.74) is 6.52. The zero-order chi connectivity index (χ0) is 39.2. The number of anilines is 2. The van der Waals surface area contributed by atoms with Gasteiger partial charge in [-0.2, -0.15) is 4.98 Å². The van der Waals surface area contributed by atoms with Crippen LogP contribution in [0.15, 0.2) is 35.3 Å². The Morgan fingerprint density at radius 3 is 2.37 bits per heavy atom. The molecule has 0 radical (unpaired) electrons. The molecule has 1 fully saturated rings. The number of H-pyrrole nitrogens is 1. The number of likely N-dealkylation sites (N-methyl/N-ethyl adjacent to an activating group) is 1. The average molecular weight is 753 g/mol. The Labute approximate surface area is 311 Å². The number of nitrogens with two attached hydrogens (primary N) is 1. The van der Waals surface area contributed by atoms with Crippen molar-refractivity contribution >= 4 is 52.4 Å². The number of carboxylic acid groups (broad SMARTS) is 3. The lowest BCUT2D eigenvalue weighted by atomic mass is 10.0. The van der Waals surface area contributed by atoms with Crippen LogP contribution in [-0.2, 0) is 25.7 Å². The summed E-state index contributed by atoms with van der Waals surface area (Å²) >= 11 is 0. The molecule has 8 N–H and O–H groups in total. The third-order valence-electron chi connectivity index (χ3n) is 9.15. The van der Waals surface area contributed by atoms with Crippen LogP contribution in [0.25, 0.3) is 11.2 Å². The van der Waals surface area contributed by atoms with Gasteiger partial charge in [-0.15, -0.1) is 0 Å². The predicted octanol–water partition coefficient (Wildman–Crippen LogP) is 0.477. The molecular formula is C35H48N10O9. The zero-order valence-electron chi connectivity index (χ0n) is 30.2. The summed E-state index contributed by atoms with van der Waals surface area (Å²) in [6.07, 6.45) is 4.43. The van der Waals surface area contributed by atoms with E-state index in [9.17, 15) is 44.1 Å². The first-order valence-corrected chi connectivity index (χ1v) is 17.8. The summed E-state index contributed by atoms with van der Waals surface area (Å²) in [5, 5.41) is 34.1. The van der Waals surface area contributed by atoms with Crippen LogP contribution in [-0.4, -0.2) is 144 Å². The minimum Gasteiger partial charge on any atom is -0.480 e. The highest BCUT2D eigenvalue weighted by Crippen LogP contribution is 2.16. The Hall–Kier alpha value is -5.53. The average Bonchev–Trinajstić information content (AvgIpc) is 3.18. The minimum atomic E-state index is -1.26. The summed E-state index contributed by atoms with van der Waals surface area (Å²) in [7, 11) is 1.93. The monoisotopic (exact) mass is 752 g/mol. The smallest absolute Gasteiger partial charge is 0.326 e. The van der Waals surface area contributed by atoms with E-state index in [1.807, 2.05) is 16.8 Å². The number of aromatic amines is 1. The molecule has 0 spiro atoms. The number of nitrogen functional groups attached to an aromatic ring is 1. The first-order chi connectivity index (χ1) is 25.8. The third kappa shape index (κ3) is 13.2. The van der Waals surface area contributed by atoms with E-state index in [0.717, 1.165) is 12.8 Å². The lowest BCUT2D eigenvalue weighted by molar-refractivity contribution is -0.140. The second kappa shape index (κ2) is 20.1. The van der Waals surface area contributed by atoms with Crippen molar-refractivity contribution in [2.24, 2.45) is 0 Å². The number of fused-ring (bicyclic) bond motifs is 1. The molecule has 19 nitrogen and oxygen atoms in total. The summed E-state index contributed by atoms with van der Waals surface area (Å²) < 4.78 is 0. The minimum absolute atomic E-state index is 0.0141. The molecule has 292 valence electrons. The summed E-state index contributed by atoms with van der Waals surface area (Å²) in [6.45, 7) is 2.71. The lowest BCUT2D eigenvalue weighted by Gasteiger charge is -2.32. The topological polar surface area (TPSA) is 277 Å². The van der Waals surface area contributed by atoms with E-state index in [1.54, 1.807) is 12.1 Å². The molecule has 1 aromatic carbocycles. The van der Waals surface area contributed by atoms with E-state index in [-0.39, 0.29) is 73.4 Å². The van der Waals surface area contributed by atoms with Crippen LogP contribution in [0.4, 0.5) is 11.6 Å². The molecular weight excluding hydrogens is 704 g/mol. The molecule has 54 heavy (non-hydrogen) atoms. The fourth-order valence-corrected chi connectivity index (χ4v) is 6.24. The highest BCUT2D eigenvalue weighted by molar-refractivity contribution is 5.97. The van der Waals surface area contributed by atoms with E-state index in [1.165, 1.54) is 18.3 Å². The van der Waals surface area contributed by atoms with Crippen LogP contribution in [0.5, 0.6) is 0 Å². The highest BCUT2D eigenvalue weighted by atomic mass is 16.4. The largest absolute Gasteiger partial charge is 0.480 e. The summed E-state index contributed by atoms with van der Waals surface area (Å²) in [6, 6.07) is 5.01. The Morgan fingerprint density at radius 1 is 0.944 bits per heavy atom. The maximum Gasteiger partial charge on any atom is 0.326 e. The molecule has 1 aliphatic heterocycles. The molecule has 3 heterocycles. The number of ketones is 1. The normalized spacial score (nSPS) is 16.5. The number of aliphatic carboxylic acids is 3. The molecule has 0 aliphatic carbocycles. The SMILES string of the molecule is CN1CCN(CC(=O)O)CCN(CC(=O)O)C(CCCCCC(=O)CC[C@H](NC(=O)c2ccc(NCc3cnc4nc(N)[nH]c(=O)c4n3)cc2)C(=O)O)C1. The van der Waals surface area contributed by atoms with E-state index in [0.29, 0.717) is 56.9 Å². The number of nitrogens with one attached hydrogen (secondary N) is 3. The molecule has 0 saturated carbocycles. The van der Waals surface area contributed by atoms with Crippen molar-refractivity contribution in [1.82, 2.24) is 40.0 Å². The van der Waals surface area contributed by atoms with Gasteiger partial charge in [0.2, 0.25) is 5.95 Å². The summed E-state index contributed by atoms with van der Waals surface area (Å²) in [4.78, 5) is 92.9. The van der Waals surface area contributed by atoms with Crippen LogP contribution in [0.3, 0.4) is 0 Å². The van der Waals surface area contributed by atoms with Crippen molar-refractivity contribution in [3.05, 3.63) is 52.1 Å². The van der Waals surface area contributed by atoms with Gasteiger partial charge in [-0.1, -0.05) is 12.8 Å². The van der Waals surface area contributed by atoms with Gasteiger partial charge in [0.1, 0.15) is 11.8 Å². The van der Waals surface area contributed by atoms with Crippen molar-refractivity contribution in [3.8, 4) is 0 Å². The number of nitrogens with zero attached hydrogens (tertiary/aromatic N) is 6. The number of carboxylic acids is 3. The first-order valence-electron chi connectivity index (χ1n) is 17.8. The van der Waals surface area contributed by atoms with Gasteiger partial charge in [-0.05, 0) is 50.6 Å². The maximum atomic E-state index is 12.9. The van der Waals surface area contributed by atoms with E-state index >= 15 is 0 Å². The Balaban J connectivity index is 1.19. The molecule has 19 heteroatoms. The number of aromatic nitrogens is 4. The number of amides is 1. The van der Waals surface area contributed by atoms with E-state index in [4.69, 9.17) is 5.73 Å². The van der Waals surface area contributed by atoms with E-state index in [2.05, 4.69) is 35.5 Å². The standard InChI is InChI=1S/C35H48N10O9/c1-43-13-14-44(20-28(47)48)15-16-45(21-29(49)50)25(19-43)5-3-2-4-6-26(46)11-12-27(34(53)54)40-32(51)22-7-9-23(10-8-22)37-17-24-18-38-31-30(39-24)33(52)42-35(36)41-31/h7-10,18,25,27,37H,2-6,11-17,19-21H2,1H3,(H,40,51)(H,47,48)(H,49,50)(H,53,54)(H3,36,38,41,42,52)/t25?,27-/m0/s1. The van der Waals surface area contributed by atoms with Crippen LogP contribution in [0.1, 0.15) is 61.0 Å². The lowest BCUT2D eigenvalue weighted by Crippen LogP contribution is -2.46. The van der Waals surface area contributed by atoms with Crippen molar-refractivity contribution < 1.29 is 39.3 Å². The zero-order valence-corrected chi connectivity index (χ0v) is 30.2. The molecule has 1 unspecified atom stereocenters. The molecule has 1 amide bonds. The van der Waals surface area contributed by atoms with Gasteiger partial charge in [-0.3, -0.25) is 38.8 Å². The number of benzene rings is 1. The number of unbranched alkanes of at least 4 members (excludes halogenated alkanes) is 2. The van der Waals surface area contributed by atoms with Crippen molar-refractivity contribution in [2.75, 3.05) is 63.9 Å². The predicted molar refractivity (Wildman–Crippen MR) is 197 cm³/mol. The van der Waals surface area contributed by atoms with Crippen LogP contribution < -0.4 is 21.9 Å². The first kappa shape index (κ1) is 41.2. The van der Waals surface area contributed by atoms with Gasteiger partial charge in [0, 0.05) is 62.9 Å². The van der Waals surface area contributed by atoms with Crippen molar-refractivity contribution in [3.63, 3.8) is 0 Å². The molecule has 4 rings (SSSR count). The van der Waals surface area contributed by atoms with Gasteiger partial charge in [0.25, 0.3) is 11.5 Å². The number of hydrogen-bond donors (Lipinski definition) is 7. The van der Waals surface area contributed by atoms with Crippen LogP contribution in [0.2, 0.25) is 0 Å². The third-order valence-corrected chi connectivity index (χ3v) is 9.15. The Kier molecular flexibility index (Phi) is 15.3. The number of rotatable bonds is 19. The summed E-state index contributed by atoms with van der Waals surface area (Å²) in [5.74, 6) is -3.90. The number of carbonyl (C=O) groups is 5. The Bertz CT molecular complexity index is 1840. The molecule has 2 atom stereocenters. The van der Waals surface area contributed by atoms with Crippen LogP contribution in [0, 0.1) is 0 Å². The Morgan fingerprint density at radius 2 is 1.67 bits per heavy atom. The quantitative estimate of drug-likeness (QED) is 0.0820. The van der Waals surface area contributed by atoms with E-state index < -0.39 is 35.4 Å². The highest BCUT2D eigenvalue weighted by Gasteiger charge is 2.26. The van der Waals surface area contributed by atoms with Gasteiger partial charge in [0.15, 0.2) is 11.2 Å². The fourth-order valence-electron chi connectivity index (χ4n) is 6.24.